The van der Waals surface area contributed by atoms with Crippen molar-refractivity contribution in [1.29, 1.82) is 0 Å². The molecular weight excluding hydrogens is 529 g/mol. The van der Waals surface area contributed by atoms with Crippen molar-refractivity contribution in [1.82, 2.24) is 0 Å². The molecule has 3 saturated heterocycles. The molecule has 0 spiro atoms. The number of piperidine rings is 3. The number of hydrogen-bond acceptors (Lipinski definition) is 6. The highest BCUT2D eigenvalue weighted by Crippen LogP contribution is 2.46. The number of carbonyl (C=O) groups excluding carboxylic acids is 1. The monoisotopic (exact) mass is 590 g/mol. The molecule has 3 rings (SSSR count). The lowest BCUT2D eigenvalue weighted by atomic mass is 9.78. The average molecular weight is 591 g/mol. The molecule has 1 N–H and O–H groups in total. The van der Waals surface area contributed by atoms with E-state index in [0.29, 0.717) is 12.5 Å². The third-order valence-corrected chi connectivity index (χ3v) is 9.95. The highest BCUT2D eigenvalue weighted by atomic mass is 31.2. The van der Waals surface area contributed by atoms with Gasteiger partial charge in [0.05, 0.1) is 46.0 Å². The number of ether oxygens (including phenoxy) is 2. The lowest BCUT2D eigenvalue weighted by molar-refractivity contribution is -0.929. The number of nitrogens with zero attached hydrogens (tertiary/aromatic N) is 1. The zero-order chi connectivity index (χ0) is 29.3. The van der Waals surface area contributed by atoms with Crippen molar-refractivity contribution in [2.75, 3.05) is 46.5 Å². The Bertz CT molecular complexity index is 728. The van der Waals surface area contributed by atoms with E-state index in [0.717, 1.165) is 36.7 Å². The van der Waals surface area contributed by atoms with Gasteiger partial charge in [-0.3, -0.25) is 13.8 Å². The number of carbonyl (C=O) groups is 1. The van der Waals surface area contributed by atoms with Crippen LogP contribution in [-0.4, -0.2) is 74.1 Å². The van der Waals surface area contributed by atoms with Gasteiger partial charge in [0, 0.05) is 32.3 Å². The van der Waals surface area contributed by atoms with Crippen LogP contribution in [0.1, 0.15) is 124 Å². The van der Waals surface area contributed by atoms with Crippen molar-refractivity contribution in [3.8, 4) is 0 Å². The first-order valence-electron chi connectivity index (χ1n) is 16.4. The summed E-state index contributed by atoms with van der Waals surface area (Å²) in [5.41, 5.74) is 0. The summed E-state index contributed by atoms with van der Waals surface area (Å²) in [5, 5.41) is 0. The first-order chi connectivity index (χ1) is 19.1. The van der Waals surface area contributed by atoms with E-state index in [1.807, 2.05) is 0 Å². The number of hydrogen-bond donors (Lipinski definition) is 1. The molecule has 236 valence electrons. The summed E-state index contributed by atoms with van der Waals surface area (Å²) in [6, 6.07) is 0. The molecule has 3 aliphatic rings. The van der Waals surface area contributed by atoms with E-state index in [2.05, 4.69) is 14.0 Å². The quantitative estimate of drug-likeness (QED) is 0.0541. The minimum absolute atomic E-state index is 0.218. The van der Waals surface area contributed by atoms with Crippen molar-refractivity contribution in [2.24, 2.45) is 11.8 Å². The summed E-state index contributed by atoms with van der Waals surface area (Å²) in [6.07, 6.45) is 19.3. The third-order valence-electron chi connectivity index (χ3n) is 8.99. The molecule has 0 aromatic rings. The van der Waals surface area contributed by atoms with Crippen molar-refractivity contribution < 1.29 is 37.3 Å². The molecule has 9 heteroatoms. The standard InChI is InChI=1S/C31H60NO7P/c1-5-6-7-8-9-10-11-12-13-14-15-16-17-18-23-36-27(2)31(39-28(3)33)26-38-40(34,35)37-25-30-24-32(4)21-19-29(30)20-22-32/h27,29-31H,5-26H2,1-4H3/p+1. The highest BCUT2D eigenvalue weighted by Gasteiger charge is 2.44. The second-order valence-corrected chi connectivity index (χ2v) is 14.2. The van der Waals surface area contributed by atoms with E-state index in [-0.39, 0.29) is 19.1 Å². The van der Waals surface area contributed by atoms with Crippen LogP contribution in [0.3, 0.4) is 0 Å². The van der Waals surface area contributed by atoms with Gasteiger partial charge in [0.1, 0.15) is 0 Å². The molecule has 0 aliphatic carbocycles. The fourth-order valence-electron chi connectivity index (χ4n) is 6.32. The third kappa shape index (κ3) is 15.1. The van der Waals surface area contributed by atoms with Gasteiger partial charge in [0.15, 0.2) is 6.10 Å². The average Bonchev–Trinajstić information content (AvgIpc) is 2.92. The lowest BCUT2D eigenvalue weighted by Gasteiger charge is -2.50. The van der Waals surface area contributed by atoms with Crippen LogP contribution >= 0.6 is 7.82 Å². The number of unbranched alkanes of at least 4 members (excludes halogenated alkanes) is 13. The first kappa shape index (κ1) is 35.7. The van der Waals surface area contributed by atoms with E-state index in [9.17, 15) is 14.3 Å². The zero-order valence-electron chi connectivity index (χ0n) is 26.2. The van der Waals surface area contributed by atoms with E-state index < -0.39 is 26.0 Å². The van der Waals surface area contributed by atoms with Gasteiger partial charge in [-0.15, -0.1) is 0 Å². The Morgan fingerprint density at radius 2 is 1.43 bits per heavy atom. The van der Waals surface area contributed by atoms with Gasteiger partial charge in [-0.2, -0.15) is 0 Å². The maximum Gasteiger partial charge on any atom is 0.472 e. The summed E-state index contributed by atoms with van der Waals surface area (Å²) >= 11 is 0. The van der Waals surface area contributed by atoms with Crippen LogP contribution in [0.5, 0.6) is 0 Å². The van der Waals surface area contributed by atoms with Crippen LogP contribution in [0.15, 0.2) is 0 Å². The normalized spacial score (nSPS) is 25.4. The fraction of sp³-hybridized carbons (Fsp3) is 0.968. The van der Waals surface area contributed by atoms with Gasteiger partial charge >= 0.3 is 13.8 Å². The maximum atomic E-state index is 12.6. The second kappa shape index (κ2) is 19.6. The topological polar surface area (TPSA) is 91.3 Å². The smallest absolute Gasteiger partial charge is 0.457 e. The van der Waals surface area contributed by atoms with Crippen LogP contribution in [0.2, 0.25) is 0 Å². The molecule has 0 saturated carbocycles. The van der Waals surface area contributed by atoms with Gasteiger partial charge in [-0.1, -0.05) is 90.4 Å². The number of phosphoric ester groups is 1. The highest BCUT2D eigenvalue weighted by molar-refractivity contribution is 7.47. The Kier molecular flexibility index (Phi) is 17.5. The largest absolute Gasteiger partial charge is 0.472 e. The van der Waals surface area contributed by atoms with E-state index in [1.54, 1.807) is 6.92 Å². The Morgan fingerprint density at radius 3 is 1.93 bits per heavy atom. The molecule has 2 bridgehead atoms. The molecule has 4 atom stereocenters. The van der Waals surface area contributed by atoms with Crippen LogP contribution < -0.4 is 0 Å². The van der Waals surface area contributed by atoms with Gasteiger partial charge in [0.2, 0.25) is 0 Å². The molecule has 3 aliphatic heterocycles. The van der Waals surface area contributed by atoms with Gasteiger partial charge in [0.25, 0.3) is 0 Å². The molecule has 8 nitrogen and oxygen atoms in total. The fourth-order valence-corrected chi connectivity index (χ4v) is 7.11. The van der Waals surface area contributed by atoms with E-state index in [4.69, 9.17) is 18.5 Å². The summed E-state index contributed by atoms with van der Waals surface area (Å²) in [6.45, 7) is 9.26. The van der Waals surface area contributed by atoms with Gasteiger partial charge in [-0.25, -0.2) is 4.57 Å². The van der Waals surface area contributed by atoms with Crippen molar-refractivity contribution in [3.63, 3.8) is 0 Å². The summed E-state index contributed by atoms with van der Waals surface area (Å²) in [7, 11) is -2.01. The molecule has 0 aromatic heterocycles. The summed E-state index contributed by atoms with van der Waals surface area (Å²) in [4.78, 5) is 21.9. The lowest BCUT2D eigenvalue weighted by Crippen LogP contribution is -2.60. The minimum Gasteiger partial charge on any atom is -0.457 e. The Morgan fingerprint density at radius 1 is 0.900 bits per heavy atom. The zero-order valence-corrected chi connectivity index (χ0v) is 27.1. The van der Waals surface area contributed by atoms with Crippen molar-refractivity contribution in [3.05, 3.63) is 0 Å². The second-order valence-electron chi connectivity index (χ2n) is 12.7. The molecule has 3 fully saturated rings. The minimum atomic E-state index is -4.26. The SMILES string of the molecule is CCCCCCCCCCCCCCCCOC(C)C(COP(=O)(O)OCC1C[N+]2(C)CCC1CC2)OC(C)=O. The predicted octanol–water partition coefficient (Wildman–Crippen LogP) is 7.42. The molecular formula is C31H61NO7P+. The van der Waals surface area contributed by atoms with E-state index >= 15 is 0 Å². The summed E-state index contributed by atoms with van der Waals surface area (Å²) in [5.74, 6) is 0.351. The maximum absolute atomic E-state index is 12.6. The Hall–Kier alpha value is -0.500. The van der Waals surface area contributed by atoms with Crippen LogP contribution in [-0.2, 0) is 27.9 Å². The Labute approximate surface area is 245 Å². The number of esters is 1. The van der Waals surface area contributed by atoms with Gasteiger partial charge < -0.3 is 18.9 Å². The number of quaternary nitrogens is 1. The van der Waals surface area contributed by atoms with Crippen LogP contribution in [0.25, 0.3) is 0 Å². The van der Waals surface area contributed by atoms with Gasteiger partial charge in [-0.05, 0) is 19.3 Å². The van der Waals surface area contributed by atoms with Crippen LogP contribution in [0.4, 0.5) is 0 Å². The number of rotatable bonds is 24. The molecule has 0 radical (unpaired) electrons. The van der Waals surface area contributed by atoms with E-state index in [1.165, 1.54) is 97.1 Å². The first-order valence-corrected chi connectivity index (χ1v) is 17.9. The predicted molar refractivity (Wildman–Crippen MR) is 160 cm³/mol. The number of phosphoric acid groups is 1. The van der Waals surface area contributed by atoms with Crippen molar-refractivity contribution >= 4 is 13.8 Å². The van der Waals surface area contributed by atoms with Crippen LogP contribution in [0, 0.1) is 11.8 Å². The Balaban J connectivity index is 1.54. The molecule has 4 unspecified atom stereocenters. The van der Waals surface area contributed by atoms with Crippen molar-refractivity contribution in [2.45, 2.75) is 136 Å². The molecule has 40 heavy (non-hydrogen) atoms. The summed E-state index contributed by atoms with van der Waals surface area (Å²) < 4.78 is 35.5. The molecule has 0 amide bonds. The molecule has 0 aromatic carbocycles. The molecule has 3 heterocycles. The number of fused-ring (bicyclic) bond motifs is 3.